The number of halogens is 3. The van der Waals surface area contributed by atoms with Crippen molar-refractivity contribution in [3.05, 3.63) is 22.1 Å². The Hall–Kier alpha value is -1.92. The average Bonchev–Trinajstić information content (AvgIpc) is 3.12. The molecule has 0 amide bonds. The summed E-state index contributed by atoms with van der Waals surface area (Å²) in [6, 6.07) is 0.339. The van der Waals surface area contributed by atoms with Gasteiger partial charge in [-0.1, -0.05) is 26.6 Å². The molecule has 1 fully saturated rings. The van der Waals surface area contributed by atoms with Gasteiger partial charge in [0.05, 0.1) is 24.5 Å². The number of aliphatic carboxylic acids is 1. The third kappa shape index (κ3) is 7.04. The Balaban J connectivity index is 2.24. The first kappa shape index (κ1) is 26.3. The van der Waals surface area contributed by atoms with Crippen LogP contribution in [0.3, 0.4) is 0 Å². The summed E-state index contributed by atoms with van der Waals surface area (Å²) in [5.41, 5.74) is -2.86. The van der Waals surface area contributed by atoms with Crippen LogP contribution in [0.2, 0.25) is 25.7 Å². The Bertz CT molecular complexity index is 841. The highest BCUT2D eigenvalue weighted by Gasteiger charge is 2.41. The van der Waals surface area contributed by atoms with Crippen molar-refractivity contribution in [3.63, 3.8) is 0 Å². The van der Waals surface area contributed by atoms with Crippen LogP contribution in [0.25, 0.3) is 0 Å². The van der Waals surface area contributed by atoms with E-state index in [-0.39, 0.29) is 25.4 Å². The highest BCUT2D eigenvalue weighted by Crippen LogP contribution is 2.36. The summed E-state index contributed by atoms with van der Waals surface area (Å²) in [6.07, 6.45) is -3.51. The third-order valence-electron chi connectivity index (χ3n) is 5.34. The maximum Gasteiger partial charge on any atom is 0.423 e. The summed E-state index contributed by atoms with van der Waals surface area (Å²) in [5.74, 6) is -1.12. The first-order chi connectivity index (χ1) is 14.8. The van der Waals surface area contributed by atoms with Gasteiger partial charge >= 0.3 is 12.1 Å². The summed E-state index contributed by atoms with van der Waals surface area (Å²) in [5, 5.41) is 13.0. The van der Waals surface area contributed by atoms with Crippen molar-refractivity contribution in [3.8, 4) is 0 Å². The van der Waals surface area contributed by atoms with E-state index in [9.17, 15) is 22.8 Å². The molecule has 2 heterocycles. The number of ether oxygens (including phenoxy) is 2. The fourth-order valence-electron chi connectivity index (χ4n) is 3.50. The van der Waals surface area contributed by atoms with Crippen LogP contribution in [0.4, 0.5) is 18.9 Å². The third-order valence-corrected chi connectivity index (χ3v) is 7.04. The monoisotopic (exact) mass is 479 g/mol. The minimum atomic E-state index is -4.88. The lowest BCUT2D eigenvalue weighted by atomic mass is 10.2. The molecule has 8 nitrogen and oxygen atoms in total. The molecule has 0 aliphatic carbocycles. The zero-order valence-corrected chi connectivity index (χ0v) is 19.9. The van der Waals surface area contributed by atoms with E-state index in [1.54, 1.807) is 6.92 Å². The molecule has 0 saturated carbocycles. The second-order valence-corrected chi connectivity index (χ2v) is 14.7. The van der Waals surface area contributed by atoms with Crippen molar-refractivity contribution in [1.82, 2.24) is 9.78 Å². The van der Waals surface area contributed by atoms with Crippen LogP contribution in [-0.2, 0) is 27.2 Å². The predicted molar refractivity (Wildman–Crippen MR) is 116 cm³/mol. The van der Waals surface area contributed by atoms with Crippen molar-refractivity contribution in [1.29, 1.82) is 0 Å². The Morgan fingerprint density at radius 2 is 2.06 bits per heavy atom. The highest BCUT2D eigenvalue weighted by molar-refractivity contribution is 6.76. The maximum absolute atomic E-state index is 13.9. The molecule has 2 atom stereocenters. The fourth-order valence-corrected chi connectivity index (χ4v) is 4.26. The quantitative estimate of drug-likeness (QED) is 0.384. The molecule has 1 aliphatic heterocycles. The number of aromatic nitrogens is 2. The predicted octanol–water partition coefficient (Wildman–Crippen LogP) is 3.42. The van der Waals surface area contributed by atoms with Crippen molar-refractivity contribution < 1.29 is 32.5 Å². The molecule has 12 heteroatoms. The topological polar surface area (TPSA) is 93.9 Å². The van der Waals surface area contributed by atoms with Crippen molar-refractivity contribution in [2.24, 2.45) is 0 Å². The number of nitrogens with zero attached hydrogens (tertiary/aromatic N) is 3. The molecule has 0 bridgehead atoms. The molecular formula is C20H32F3N3O5Si. The highest BCUT2D eigenvalue weighted by atomic mass is 28.3. The number of carboxylic acids is 1. The molecule has 0 spiro atoms. The largest absolute Gasteiger partial charge is 0.479 e. The lowest BCUT2D eigenvalue weighted by Gasteiger charge is -2.29. The van der Waals surface area contributed by atoms with Gasteiger partial charge in [0.15, 0.2) is 6.10 Å². The van der Waals surface area contributed by atoms with E-state index in [0.717, 1.165) is 12.2 Å². The Morgan fingerprint density at radius 3 is 2.62 bits per heavy atom. The van der Waals surface area contributed by atoms with E-state index in [0.29, 0.717) is 30.7 Å². The van der Waals surface area contributed by atoms with Gasteiger partial charge in [-0.05, 0) is 25.3 Å². The van der Waals surface area contributed by atoms with Crippen LogP contribution in [0.1, 0.15) is 31.7 Å². The van der Waals surface area contributed by atoms with Crippen molar-refractivity contribution >= 4 is 19.7 Å². The SMILES string of the molecule is CCC(OC[C@@H]1CCCN1c1cnn(COCC[Si](C)(C)C)c(=O)c1C(F)(F)F)C(=O)O. The molecule has 32 heavy (non-hydrogen) atoms. The second-order valence-electron chi connectivity index (χ2n) is 9.11. The molecule has 2 rings (SSSR count). The van der Waals surface area contributed by atoms with Gasteiger partial charge in [0.2, 0.25) is 0 Å². The molecule has 1 N–H and O–H groups in total. The fraction of sp³-hybridized carbons (Fsp3) is 0.750. The van der Waals surface area contributed by atoms with Crippen LogP contribution < -0.4 is 10.5 Å². The Kier molecular flexibility index (Phi) is 8.88. The molecule has 0 aromatic carbocycles. The van der Waals surface area contributed by atoms with Crippen LogP contribution in [0.5, 0.6) is 0 Å². The van der Waals surface area contributed by atoms with Crippen LogP contribution in [0.15, 0.2) is 11.0 Å². The minimum absolute atomic E-state index is 0.0506. The van der Waals surface area contributed by atoms with Crippen LogP contribution >= 0.6 is 0 Å². The molecule has 1 saturated heterocycles. The summed E-state index contributed by atoms with van der Waals surface area (Å²) in [4.78, 5) is 25.3. The van der Waals surface area contributed by atoms with Gasteiger partial charge in [-0.25, -0.2) is 9.48 Å². The van der Waals surface area contributed by atoms with E-state index >= 15 is 0 Å². The van der Waals surface area contributed by atoms with Crippen LogP contribution in [0, 0.1) is 0 Å². The van der Waals surface area contributed by atoms with E-state index in [1.807, 2.05) is 0 Å². The first-order valence-electron chi connectivity index (χ1n) is 10.7. The number of hydrogen-bond acceptors (Lipinski definition) is 6. The van der Waals surface area contributed by atoms with E-state index in [2.05, 4.69) is 24.7 Å². The molecule has 1 unspecified atom stereocenters. The average molecular weight is 480 g/mol. The summed E-state index contributed by atoms with van der Waals surface area (Å²) >= 11 is 0. The van der Waals surface area contributed by atoms with Crippen LogP contribution in [-0.4, -0.2) is 60.8 Å². The molecule has 0 radical (unpaired) electrons. The lowest BCUT2D eigenvalue weighted by Crippen LogP contribution is -2.40. The number of anilines is 1. The van der Waals surface area contributed by atoms with Gasteiger partial charge in [0.1, 0.15) is 12.3 Å². The van der Waals surface area contributed by atoms with Gasteiger partial charge in [0.25, 0.3) is 5.56 Å². The van der Waals surface area contributed by atoms with E-state index in [4.69, 9.17) is 14.6 Å². The summed E-state index contributed by atoms with van der Waals surface area (Å²) in [7, 11) is -1.38. The maximum atomic E-state index is 13.9. The number of rotatable bonds is 11. The standard InChI is InChI=1S/C20H32F3N3O5Si/c1-5-16(19(28)29)31-12-14-7-6-8-25(14)15-11-24-26(13-30-9-10-32(2,3)4)18(27)17(15)20(21,22)23/h11,14,16H,5-10,12-13H2,1-4H3,(H,28,29)/t14-,16?/m0/s1. The number of carbonyl (C=O) groups is 1. The van der Waals surface area contributed by atoms with Gasteiger partial charge in [-0.3, -0.25) is 4.79 Å². The zero-order chi connectivity index (χ0) is 24.1. The van der Waals surface area contributed by atoms with Gasteiger partial charge in [-0.15, -0.1) is 0 Å². The molecular weight excluding hydrogens is 447 g/mol. The lowest BCUT2D eigenvalue weighted by molar-refractivity contribution is -0.150. The first-order valence-corrected chi connectivity index (χ1v) is 14.4. The van der Waals surface area contributed by atoms with Gasteiger partial charge in [0, 0.05) is 21.2 Å². The summed E-state index contributed by atoms with van der Waals surface area (Å²) < 4.78 is 53.1. The van der Waals surface area contributed by atoms with Crippen molar-refractivity contribution in [2.75, 3.05) is 24.7 Å². The van der Waals surface area contributed by atoms with Crippen molar-refractivity contribution in [2.45, 2.75) is 76.9 Å². The summed E-state index contributed by atoms with van der Waals surface area (Å²) in [6.45, 7) is 8.33. The normalized spacial score (nSPS) is 18.2. The molecule has 182 valence electrons. The molecule has 1 aromatic rings. The Labute approximate surface area is 186 Å². The smallest absolute Gasteiger partial charge is 0.423 e. The van der Waals surface area contributed by atoms with Gasteiger partial charge < -0.3 is 19.5 Å². The Morgan fingerprint density at radius 1 is 1.38 bits per heavy atom. The molecule has 1 aliphatic rings. The number of carboxylic acid groups (broad SMARTS) is 1. The second kappa shape index (κ2) is 10.8. The van der Waals surface area contributed by atoms with Gasteiger partial charge in [-0.2, -0.15) is 18.3 Å². The van der Waals surface area contributed by atoms with E-state index in [1.165, 1.54) is 4.90 Å². The van der Waals surface area contributed by atoms with E-state index < -0.39 is 43.5 Å². The zero-order valence-electron chi connectivity index (χ0n) is 18.9. The minimum Gasteiger partial charge on any atom is -0.479 e. The number of hydrogen-bond donors (Lipinski definition) is 1. The number of alkyl halides is 3. The molecule has 1 aromatic heterocycles.